The topological polar surface area (TPSA) is 46.3 Å². The Balaban J connectivity index is 2.19. The molecule has 1 saturated carbocycles. The van der Waals surface area contributed by atoms with Gasteiger partial charge in [-0.1, -0.05) is 0 Å². The molecule has 0 bridgehead atoms. The van der Waals surface area contributed by atoms with E-state index in [1.165, 1.54) is 11.0 Å². The molecule has 1 aliphatic rings. The van der Waals surface area contributed by atoms with Gasteiger partial charge in [0.05, 0.1) is 5.56 Å². The molecule has 0 spiro atoms. The number of rotatable bonds is 4. The molecule has 3 nitrogen and oxygen atoms in total. The maximum Gasteiger partial charge on any atom is 0.256 e. The summed E-state index contributed by atoms with van der Waals surface area (Å²) in [5.41, 5.74) is 5.53. The minimum absolute atomic E-state index is 0.0676. The van der Waals surface area contributed by atoms with Crippen LogP contribution >= 0.6 is 0 Å². The SMILES string of the molecule is CN(C(=O)c1ccc(F)cc1F)C(CN)C1CC1. The van der Waals surface area contributed by atoms with Gasteiger partial charge in [0.15, 0.2) is 0 Å². The molecule has 18 heavy (non-hydrogen) atoms. The zero-order valence-corrected chi connectivity index (χ0v) is 10.2. The van der Waals surface area contributed by atoms with E-state index < -0.39 is 17.5 Å². The molecule has 0 saturated heterocycles. The van der Waals surface area contributed by atoms with Crippen molar-refractivity contribution in [2.24, 2.45) is 11.7 Å². The van der Waals surface area contributed by atoms with Gasteiger partial charge in [-0.2, -0.15) is 0 Å². The van der Waals surface area contributed by atoms with Crippen molar-refractivity contribution in [1.82, 2.24) is 4.90 Å². The minimum Gasteiger partial charge on any atom is -0.337 e. The second-order valence-corrected chi connectivity index (χ2v) is 4.68. The average Bonchev–Trinajstić information content (AvgIpc) is 3.13. The van der Waals surface area contributed by atoms with Crippen LogP contribution in [0.5, 0.6) is 0 Å². The van der Waals surface area contributed by atoms with Crippen LogP contribution in [0.2, 0.25) is 0 Å². The Morgan fingerprint density at radius 2 is 2.17 bits per heavy atom. The number of hydrogen-bond acceptors (Lipinski definition) is 2. The average molecular weight is 254 g/mol. The molecule has 5 heteroatoms. The molecule has 2 rings (SSSR count). The van der Waals surface area contributed by atoms with Gasteiger partial charge in [-0.15, -0.1) is 0 Å². The van der Waals surface area contributed by atoms with Crippen LogP contribution in [-0.4, -0.2) is 30.4 Å². The van der Waals surface area contributed by atoms with Crippen LogP contribution < -0.4 is 5.73 Å². The third kappa shape index (κ3) is 2.51. The maximum absolute atomic E-state index is 13.5. The van der Waals surface area contributed by atoms with Crippen LogP contribution in [0.15, 0.2) is 18.2 Å². The van der Waals surface area contributed by atoms with E-state index in [0.717, 1.165) is 25.0 Å². The second-order valence-electron chi connectivity index (χ2n) is 4.68. The lowest BCUT2D eigenvalue weighted by atomic mass is 10.1. The van der Waals surface area contributed by atoms with Crippen molar-refractivity contribution in [2.75, 3.05) is 13.6 Å². The third-order valence-electron chi connectivity index (χ3n) is 3.39. The molecule has 0 aliphatic heterocycles. The number of hydrogen-bond donors (Lipinski definition) is 1. The van der Waals surface area contributed by atoms with Gasteiger partial charge in [-0.05, 0) is 30.9 Å². The molecule has 1 unspecified atom stereocenters. The normalized spacial score (nSPS) is 16.4. The molecule has 1 aliphatic carbocycles. The van der Waals surface area contributed by atoms with E-state index in [2.05, 4.69) is 0 Å². The fraction of sp³-hybridized carbons (Fsp3) is 0.462. The summed E-state index contributed by atoms with van der Waals surface area (Å²) in [6.07, 6.45) is 2.09. The van der Waals surface area contributed by atoms with Crippen LogP contribution in [0.25, 0.3) is 0 Å². The van der Waals surface area contributed by atoms with Gasteiger partial charge in [0, 0.05) is 25.7 Å². The summed E-state index contributed by atoms with van der Waals surface area (Å²) >= 11 is 0. The number of likely N-dealkylation sites (N-methyl/N-ethyl adjacent to an activating group) is 1. The van der Waals surface area contributed by atoms with Crippen molar-refractivity contribution in [3.63, 3.8) is 0 Å². The minimum atomic E-state index is -0.835. The highest BCUT2D eigenvalue weighted by Gasteiger charge is 2.35. The van der Waals surface area contributed by atoms with Crippen molar-refractivity contribution < 1.29 is 13.6 Å². The van der Waals surface area contributed by atoms with Crippen LogP contribution in [0.4, 0.5) is 8.78 Å². The summed E-state index contributed by atoms with van der Waals surface area (Å²) in [5.74, 6) is -1.56. The van der Waals surface area contributed by atoms with Gasteiger partial charge in [0.1, 0.15) is 11.6 Å². The van der Waals surface area contributed by atoms with Crippen molar-refractivity contribution >= 4 is 5.91 Å². The summed E-state index contributed by atoms with van der Waals surface area (Å²) in [6.45, 7) is 0.357. The highest BCUT2D eigenvalue weighted by Crippen LogP contribution is 2.35. The highest BCUT2D eigenvalue weighted by molar-refractivity contribution is 5.94. The van der Waals surface area contributed by atoms with Gasteiger partial charge >= 0.3 is 0 Å². The smallest absolute Gasteiger partial charge is 0.256 e. The van der Waals surface area contributed by atoms with Gasteiger partial charge in [-0.25, -0.2) is 8.78 Å². The lowest BCUT2D eigenvalue weighted by molar-refractivity contribution is 0.0714. The van der Waals surface area contributed by atoms with E-state index in [-0.39, 0.29) is 11.6 Å². The molecular weight excluding hydrogens is 238 g/mol. The zero-order valence-electron chi connectivity index (χ0n) is 10.2. The number of amides is 1. The second kappa shape index (κ2) is 5.02. The fourth-order valence-electron chi connectivity index (χ4n) is 2.15. The molecule has 1 amide bonds. The Morgan fingerprint density at radius 1 is 1.50 bits per heavy atom. The Bertz CT molecular complexity index is 460. The summed E-state index contributed by atoms with van der Waals surface area (Å²) in [5, 5.41) is 0. The summed E-state index contributed by atoms with van der Waals surface area (Å²) in [7, 11) is 1.61. The van der Waals surface area contributed by atoms with E-state index >= 15 is 0 Å². The molecule has 1 atom stereocenters. The molecule has 0 heterocycles. The van der Waals surface area contributed by atoms with Crippen LogP contribution in [-0.2, 0) is 0 Å². The lowest BCUT2D eigenvalue weighted by Gasteiger charge is -2.27. The Labute approximate surface area is 105 Å². The van der Waals surface area contributed by atoms with Gasteiger partial charge in [-0.3, -0.25) is 4.79 Å². The first-order valence-electron chi connectivity index (χ1n) is 5.97. The summed E-state index contributed by atoms with van der Waals surface area (Å²) in [6, 6.07) is 2.90. The van der Waals surface area contributed by atoms with Crippen LogP contribution in [0.1, 0.15) is 23.2 Å². The number of halogens is 2. The molecule has 1 fully saturated rings. The van der Waals surface area contributed by atoms with E-state index in [9.17, 15) is 13.6 Å². The van der Waals surface area contributed by atoms with Gasteiger partial charge in [0.2, 0.25) is 0 Å². The molecule has 1 aromatic rings. The lowest BCUT2D eigenvalue weighted by Crippen LogP contribution is -2.43. The molecule has 2 N–H and O–H groups in total. The molecule has 0 aromatic heterocycles. The maximum atomic E-state index is 13.5. The fourth-order valence-corrected chi connectivity index (χ4v) is 2.15. The first-order chi connectivity index (χ1) is 8.54. The summed E-state index contributed by atoms with van der Waals surface area (Å²) < 4.78 is 26.3. The zero-order chi connectivity index (χ0) is 13.3. The largest absolute Gasteiger partial charge is 0.337 e. The van der Waals surface area contributed by atoms with Gasteiger partial charge < -0.3 is 10.6 Å². The number of carbonyl (C=O) groups excluding carboxylic acids is 1. The third-order valence-corrected chi connectivity index (χ3v) is 3.39. The van der Waals surface area contributed by atoms with Crippen molar-refractivity contribution in [3.8, 4) is 0 Å². The molecular formula is C13H16F2N2O. The Kier molecular flexibility index (Phi) is 3.61. The van der Waals surface area contributed by atoms with Crippen LogP contribution in [0.3, 0.4) is 0 Å². The standard InChI is InChI=1S/C13H16F2N2O/c1-17(12(7-16)8-2-3-8)13(18)10-5-4-9(14)6-11(10)15/h4-6,8,12H,2-3,7,16H2,1H3. The molecule has 1 aromatic carbocycles. The van der Waals surface area contributed by atoms with Gasteiger partial charge in [0.25, 0.3) is 5.91 Å². The number of nitrogens with zero attached hydrogens (tertiary/aromatic N) is 1. The van der Waals surface area contributed by atoms with Crippen molar-refractivity contribution in [3.05, 3.63) is 35.4 Å². The van der Waals surface area contributed by atoms with E-state index in [0.29, 0.717) is 12.5 Å². The number of benzene rings is 1. The predicted molar refractivity (Wildman–Crippen MR) is 64.0 cm³/mol. The first kappa shape index (κ1) is 13.0. The Morgan fingerprint density at radius 3 is 2.67 bits per heavy atom. The Hall–Kier alpha value is -1.49. The monoisotopic (exact) mass is 254 g/mol. The first-order valence-corrected chi connectivity index (χ1v) is 5.97. The van der Waals surface area contributed by atoms with E-state index in [1.54, 1.807) is 7.05 Å². The van der Waals surface area contributed by atoms with Crippen molar-refractivity contribution in [2.45, 2.75) is 18.9 Å². The van der Waals surface area contributed by atoms with E-state index in [4.69, 9.17) is 5.73 Å². The van der Waals surface area contributed by atoms with Crippen LogP contribution in [0, 0.1) is 17.6 Å². The highest BCUT2D eigenvalue weighted by atomic mass is 19.1. The van der Waals surface area contributed by atoms with E-state index in [1.807, 2.05) is 0 Å². The number of carbonyl (C=O) groups is 1. The molecule has 98 valence electrons. The summed E-state index contributed by atoms with van der Waals surface area (Å²) in [4.78, 5) is 13.6. The number of nitrogens with two attached hydrogens (primary N) is 1. The predicted octanol–water partition coefficient (Wildman–Crippen LogP) is 1.77. The van der Waals surface area contributed by atoms with Crippen molar-refractivity contribution in [1.29, 1.82) is 0 Å². The molecule has 0 radical (unpaired) electrons. The quantitative estimate of drug-likeness (QED) is 0.890.